The Labute approximate surface area is 224 Å². The smallest absolute Gasteiger partial charge is 0.243 e. The van der Waals surface area contributed by atoms with Crippen LogP contribution >= 0.6 is 0 Å². The van der Waals surface area contributed by atoms with Gasteiger partial charge in [-0.25, -0.2) is 0 Å². The zero-order valence-electron chi connectivity index (χ0n) is 22.1. The molecule has 2 amide bonds. The molecule has 0 bridgehead atoms. The second-order valence-electron chi connectivity index (χ2n) is 7.80. The molecular formula is C28H38N2O8. The first-order valence-corrected chi connectivity index (χ1v) is 12.0. The van der Waals surface area contributed by atoms with Crippen molar-refractivity contribution in [3.8, 4) is 23.0 Å². The van der Waals surface area contributed by atoms with E-state index in [0.29, 0.717) is 87.0 Å². The van der Waals surface area contributed by atoms with Gasteiger partial charge in [-0.2, -0.15) is 0 Å². The molecule has 1 heterocycles. The van der Waals surface area contributed by atoms with E-state index in [9.17, 15) is 9.59 Å². The zero-order valence-corrected chi connectivity index (χ0v) is 22.1. The minimum Gasteiger partial charge on any atom is -0.487 e. The molecule has 1 aliphatic rings. The number of benzene rings is 2. The Hall–Kier alpha value is -4.02. The Kier molecular flexibility index (Phi) is 16.1. The van der Waals surface area contributed by atoms with E-state index in [-0.39, 0.29) is 0 Å². The average Bonchev–Trinajstić information content (AvgIpc) is 2.89. The van der Waals surface area contributed by atoms with Crippen LogP contribution in [-0.4, -0.2) is 64.7 Å². The molecular weight excluding hydrogens is 492 g/mol. The summed E-state index contributed by atoms with van der Waals surface area (Å²) in [6.45, 7) is 13.4. The summed E-state index contributed by atoms with van der Waals surface area (Å²) >= 11 is 0. The number of fused-ring (bicyclic) bond motifs is 2. The number of carbonyl (C=O) groups is 2. The molecule has 208 valence electrons. The van der Waals surface area contributed by atoms with Gasteiger partial charge in [0.2, 0.25) is 11.8 Å². The first kappa shape index (κ1) is 32.0. The molecule has 0 saturated carbocycles. The number of hydrogen-bond acceptors (Lipinski definition) is 8. The predicted octanol–water partition coefficient (Wildman–Crippen LogP) is 3.04. The van der Waals surface area contributed by atoms with Crippen LogP contribution in [0, 0.1) is 0 Å². The van der Waals surface area contributed by atoms with Crippen molar-refractivity contribution in [1.82, 2.24) is 0 Å². The van der Waals surface area contributed by atoms with Gasteiger partial charge in [0.1, 0.15) is 26.4 Å². The average molecular weight is 531 g/mol. The summed E-state index contributed by atoms with van der Waals surface area (Å²) in [4.78, 5) is 19.6. The maximum Gasteiger partial charge on any atom is 0.243 e. The molecule has 2 aromatic carbocycles. The summed E-state index contributed by atoms with van der Waals surface area (Å²) in [6, 6.07) is 15.2. The van der Waals surface area contributed by atoms with Gasteiger partial charge in [-0.15, -0.1) is 0 Å². The highest BCUT2D eigenvalue weighted by molar-refractivity contribution is 5.90. The van der Waals surface area contributed by atoms with Gasteiger partial charge in [0.25, 0.3) is 0 Å². The van der Waals surface area contributed by atoms with Gasteiger partial charge in [0.05, 0.1) is 26.4 Å². The number of carbonyl (C=O) groups excluding carboxylic acids is 2. The lowest BCUT2D eigenvalue weighted by Crippen LogP contribution is -2.15. The molecule has 0 spiro atoms. The number of ether oxygens (including phenoxy) is 6. The van der Waals surface area contributed by atoms with Gasteiger partial charge < -0.3 is 39.9 Å². The molecule has 2 aromatic rings. The summed E-state index contributed by atoms with van der Waals surface area (Å²) in [6.07, 6.45) is 0. The molecule has 10 heteroatoms. The van der Waals surface area contributed by atoms with Crippen LogP contribution in [0.1, 0.15) is 13.8 Å². The van der Waals surface area contributed by atoms with E-state index in [1.54, 1.807) is 13.8 Å². The minimum absolute atomic E-state index is 0.398. The van der Waals surface area contributed by atoms with Crippen LogP contribution in [0.2, 0.25) is 0 Å². The standard InChI is InChI=1S/C20H24O6.2C4H7NO/c1-2-6-18-17(5-1)23-13-9-21-11-15-25-19-7-3-4-8-20(19)26-16-12-22-10-14-24-18;2*1-3(2)4(5)6/h1-8H,9-16H2;2*1H2,2H3,(H2,5,6). The lowest BCUT2D eigenvalue weighted by Gasteiger charge is -2.15. The Balaban J connectivity index is 0.000000503. The van der Waals surface area contributed by atoms with Crippen LogP contribution in [0.4, 0.5) is 0 Å². The summed E-state index contributed by atoms with van der Waals surface area (Å²) in [5, 5.41) is 0. The van der Waals surface area contributed by atoms with Crippen molar-refractivity contribution >= 4 is 11.8 Å². The van der Waals surface area contributed by atoms with E-state index in [1.807, 2.05) is 48.5 Å². The first-order valence-electron chi connectivity index (χ1n) is 12.0. The summed E-state index contributed by atoms with van der Waals surface area (Å²) < 4.78 is 34.1. The van der Waals surface area contributed by atoms with E-state index in [1.165, 1.54) is 0 Å². The zero-order chi connectivity index (χ0) is 28.2. The van der Waals surface area contributed by atoms with Gasteiger partial charge in [-0.1, -0.05) is 37.4 Å². The Morgan fingerprint density at radius 3 is 0.947 bits per heavy atom. The van der Waals surface area contributed by atoms with Gasteiger partial charge in [0, 0.05) is 11.1 Å². The van der Waals surface area contributed by atoms with Gasteiger partial charge in [-0.3, -0.25) is 9.59 Å². The summed E-state index contributed by atoms with van der Waals surface area (Å²) in [5.74, 6) is 1.93. The number of rotatable bonds is 2. The lowest BCUT2D eigenvalue weighted by atomic mass is 10.3. The van der Waals surface area contributed by atoms with E-state index < -0.39 is 11.8 Å². The second-order valence-corrected chi connectivity index (χ2v) is 7.80. The van der Waals surface area contributed by atoms with Gasteiger partial charge in [-0.05, 0) is 38.1 Å². The molecule has 0 aliphatic carbocycles. The van der Waals surface area contributed by atoms with Crippen molar-refractivity contribution in [2.75, 3.05) is 52.9 Å². The van der Waals surface area contributed by atoms with Crippen molar-refractivity contribution in [2.45, 2.75) is 13.8 Å². The van der Waals surface area contributed by atoms with Crippen LogP contribution in [0.25, 0.3) is 0 Å². The van der Waals surface area contributed by atoms with Gasteiger partial charge in [0.15, 0.2) is 23.0 Å². The minimum atomic E-state index is -0.435. The Bertz CT molecular complexity index is 866. The van der Waals surface area contributed by atoms with E-state index >= 15 is 0 Å². The Morgan fingerprint density at radius 1 is 0.553 bits per heavy atom. The molecule has 0 unspecified atom stereocenters. The fraction of sp³-hybridized carbons (Fsp3) is 0.357. The lowest BCUT2D eigenvalue weighted by molar-refractivity contribution is -0.115. The largest absolute Gasteiger partial charge is 0.487 e. The molecule has 1 aliphatic heterocycles. The normalized spacial score (nSPS) is 13.9. The molecule has 4 N–H and O–H groups in total. The summed E-state index contributed by atoms with van der Waals surface area (Å²) in [7, 11) is 0. The maximum atomic E-state index is 9.82. The highest BCUT2D eigenvalue weighted by Gasteiger charge is 2.06. The monoisotopic (exact) mass is 530 g/mol. The maximum absolute atomic E-state index is 9.82. The third kappa shape index (κ3) is 14.5. The third-order valence-electron chi connectivity index (χ3n) is 4.48. The molecule has 0 atom stereocenters. The highest BCUT2D eigenvalue weighted by Crippen LogP contribution is 2.27. The number of primary amides is 2. The van der Waals surface area contributed by atoms with Crippen molar-refractivity contribution in [3.63, 3.8) is 0 Å². The Morgan fingerprint density at radius 2 is 0.763 bits per heavy atom. The number of para-hydroxylation sites is 4. The van der Waals surface area contributed by atoms with Crippen molar-refractivity contribution in [3.05, 3.63) is 72.8 Å². The van der Waals surface area contributed by atoms with Crippen LogP contribution < -0.4 is 30.4 Å². The van der Waals surface area contributed by atoms with Crippen LogP contribution in [-0.2, 0) is 19.1 Å². The van der Waals surface area contributed by atoms with Crippen molar-refractivity contribution < 1.29 is 38.0 Å². The van der Waals surface area contributed by atoms with E-state index in [0.717, 1.165) is 0 Å². The first-order chi connectivity index (χ1) is 18.2. The highest BCUT2D eigenvalue weighted by atomic mass is 16.6. The molecule has 0 saturated heterocycles. The predicted molar refractivity (Wildman–Crippen MR) is 145 cm³/mol. The fourth-order valence-electron chi connectivity index (χ4n) is 2.42. The second kappa shape index (κ2) is 19.1. The fourth-order valence-corrected chi connectivity index (χ4v) is 2.42. The molecule has 0 fully saturated rings. The van der Waals surface area contributed by atoms with Crippen LogP contribution in [0.5, 0.6) is 23.0 Å². The quantitative estimate of drug-likeness (QED) is 0.565. The van der Waals surface area contributed by atoms with Crippen molar-refractivity contribution in [2.24, 2.45) is 11.5 Å². The van der Waals surface area contributed by atoms with Crippen molar-refractivity contribution in [1.29, 1.82) is 0 Å². The van der Waals surface area contributed by atoms with Crippen LogP contribution in [0.15, 0.2) is 72.8 Å². The molecule has 0 aromatic heterocycles. The number of nitrogens with two attached hydrogens (primary N) is 2. The van der Waals surface area contributed by atoms with E-state index in [2.05, 4.69) is 13.2 Å². The molecule has 3 rings (SSSR count). The van der Waals surface area contributed by atoms with E-state index in [4.69, 9.17) is 39.9 Å². The number of hydrogen-bond donors (Lipinski definition) is 2. The number of amides is 2. The van der Waals surface area contributed by atoms with Crippen LogP contribution in [0.3, 0.4) is 0 Å². The summed E-state index contributed by atoms with van der Waals surface area (Å²) in [5.41, 5.74) is 10.2. The molecule has 0 radical (unpaired) electrons. The van der Waals surface area contributed by atoms with Gasteiger partial charge >= 0.3 is 0 Å². The molecule has 10 nitrogen and oxygen atoms in total. The SMILES string of the molecule is C=C(C)C(N)=O.C=C(C)C(N)=O.c1ccc2c(c1)OCCOCCOc1ccccc1OCCOCCO2. The molecule has 38 heavy (non-hydrogen) atoms. The third-order valence-corrected chi connectivity index (χ3v) is 4.48. The topological polar surface area (TPSA) is 142 Å².